The molecule has 0 bridgehead atoms. The lowest BCUT2D eigenvalue weighted by molar-refractivity contribution is 0.185. The Bertz CT molecular complexity index is 743. The van der Waals surface area contributed by atoms with Crippen LogP contribution in [0.15, 0.2) is 48.5 Å². The Morgan fingerprint density at radius 2 is 1.74 bits per heavy atom. The minimum absolute atomic E-state index is 0.0836. The van der Waals surface area contributed by atoms with E-state index < -0.39 is 10.0 Å². The zero-order chi connectivity index (χ0) is 16.9. The second kappa shape index (κ2) is 7.48. The lowest BCUT2D eigenvalue weighted by atomic mass is 10.1. The number of rotatable bonds is 7. The van der Waals surface area contributed by atoms with E-state index in [1.54, 1.807) is 19.2 Å². The van der Waals surface area contributed by atoms with Gasteiger partial charge in [-0.2, -0.15) is 0 Å². The molecule has 23 heavy (non-hydrogen) atoms. The molecular weight excluding hydrogens is 312 g/mol. The smallest absolute Gasteiger partial charge is 0.229 e. The second-order valence-corrected chi connectivity index (χ2v) is 7.20. The third-order valence-electron chi connectivity index (χ3n) is 3.40. The van der Waals surface area contributed by atoms with Gasteiger partial charge in [0.25, 0.3) is 0 Å². The van der Waals surface area contributed by atoms with E-state index in [4.69, 9.17) is 4.74 Å². The Labute approximate surface area is 137 Å². The third-order valence-corrected chi connectivity index (χ3v) is 4.01. The summed E-state index contributed by atoms with van der Waals surface area (Å²) in [7, 11) is -1.58. The van der Waals surface area contributed by atoms with Crippen molar-refractivity contribution in [2.75, 3.05) is 23.4 Å². The maximum Gasteiger partial charge on any atom is 0.229 e. The topological polar surface area (TPSA) is 67.4 Å². The van der Waals surface area contributed by atoms with E-state index in [0.29, 0.717) is 12.3 Å². The monoisotopic (exact) mass is 334 g/mol. The summed E-state index contributed by atoms with van der Waals surface area (Å²) >= 11 is 0. The van der Waals surface area contributed by atoms with Crippen molar-refractivity contribution in [2.45, 2.75) is 19.6 Å². The predicted octanol–water partition coefficient (Wildman–Crippen LogP) is 3.38. The number of hydrogen-bond acceptors (Lipinski definition) is 4. The fraction of sp³-hybridized carbons (Fsp3) is 0.294. The molecule has 1 unspecified atom stereocenters. The van der Waals surface area contributed by atoms with Crippen LogP contribution in [0.25, 0.3) is 0 Å². The minimum Gasteiger partial charge on any atom is -0.380 e. The van der Waals surface area contributed by atoms with E-state index in [9.17, 15) is 8.42 Å². The molecule has 6 heteroatoms. The van der Waals surface area contributed by atoms with E-state index in [2.05, 4.69) is 17.0 Å². The predicted molar refractivity (Wildman–Crippen MR) is 94.1 cm³/mol. The highest BCUT2D eigenvalue weighted by molar-refractivity contribution is 7.92. The fourth-order valence-corrected chi connectivity index (χ4v) is 2.88. The first kappa shape index (κ1) is 17.3. The van der Waals surface area contributed by atoms with Crippen molar-refractivity contribution in [3.63, 3.8) is 0 Å². The summed E-state index contributed by atoms with van der Waals surface area (Å²) in [6, 6.07) is 15.4. The Kier molecular flexibility index (Phi) is 5.63. The van der Waals surface area contributed by atoms with Crippen molar-refractivity contribution in [1.29, 1.82) is 0 Å². The number of methoxy groups -OCH3 is 1. The van der Waals surface area contributed by atoms with Crippen molar-refractivity contribution < 1.29 is 13.2 Å². The number of sulfonamides is 1. The Morgan fingerprint density at radius 1 is 1.09 bits per heavy atom. The quantitative estimate of drug-likeness (QED) is 0.814. The number of hydrogen-bond donors (Lipinski definition) is 2. The summed E-state index contributed by atoms with van der Waals surface area (Å²) < 4.78 is 30.1. The standard InChI is InChI=1S/C17H22N2O3S/c1-13(18-17-7-5-4-6-15(17)12-22-2)14-8-10-16(11-9-14)19-23(3,20)21/h4-11,13,18-19H,12H2,1-3H3. The van der Waals surface area contributed by atoms with E-state index in [1.807, 2.05) is 36.4 Å². The van der Waals surface area contributed by atoms with Gasteiger partial charge < -0.3 is 10.1 Å². The summed E-state index contributed by atoms with van der Waals surface area (Å²) in [5.41, 5.74) is 3.75. The average Bonchev–Trinajstić information content (AvgIpc) is 2.48. The molecule has 0 spiro atoms. The molecule has 2 rings (SSSR count). The van der Waals surface area contributed by atoms with Gasteiger partial charge in [-0.05, 0) is 30.7 Å². The molecule has 2 N–H and O–H groups in total. The highest BCUT2D eigenvalue weighted by atomic mass is 32.2. The summed E-state index contributed by atoms with van der Waals surface area (Å²) in [4.78, 5) is 0. The number of anilines is 2. The van der Waals surface area contributed by atoms with E-state index in [-0.39, 0.29) is 6.04 Å². The molecule has 0 aliphatic rings. The van der Waals surface area contributed by atoms with Crippen molar-refractivity contribution in [3.05, 3.63) is 59.7 Å². The van der Waals surface area contributed by atoms with E-state index >= 15 is 0 Å². The minimum atomic E-state index is -3.25. The van der Waals surface area contributed by atoms with Gasteiger partial charge in [-0.1, -0.05) is 30.3 Å². The first-order valence-corrected chi connectivity index (χ1v) is 9.19. The maximum absolute atomic E-state index is 11.2. The van der Waals surface area contributed by atoms with Crippen LogP contribution in [-0.2, 0) is 21.4 Å². The Hall–Kier alpha value is -2.05. The van der Waals surface area contributed by atoms with Gasteiger partial charge in [0.1, 0.15) is 0 Å². The molecular formula is C17H22N2O3S. The summed E-state index contributed by atoms with van der Waals surface area (Å²) in [5, 5.41) is 3.46. The fourth-order valence-electron chi connectivity index (χ4n) is 2.31. The molecule has 2 aromatic carbocycles. The molecule has 124 valence electrons. The van der Waals surface area contributed by atoms with Crippen LogP contribution in [-0.4, -0.2) is 21.8 Å². The van der Waals surface area contributed by atoms with Crippen LogP contribution in [0.2, 0.25) is 0 Å². The highest BCUT2D eigenvalue weighted by Crippen LogP contribution is 2.24. The van der Waals surface area contributed by atoms with Gasteiger partial charge in [0.05, 0.1) is 12.9 Å². The molecule has 0 fully saturated rings. The lowest BCUT2D eigenvalue weighted by Crippen LogP contribution is -2.11. The van der Waals surface area contributed by atoms with Crippen LogP contribution in [0.3, 0.4) is 0 Å². The van der Waals surface area contributed by atoms with Gasteiger partial charge in [0.2, 0.25) is 10.0 Å². The summed E-state index contributed by atoms with van der Waals surface area (Å²) in [6.07, 6.45) is 1.14. The van der Waals surface area contributed by atoms with Gasteiger partial charge in [-0.3, -0.25) is 4.72 Å². The van der Waals surface area contributed by atoms with Crippen LogP contribution >= 0.6 is 0 Å². The molecule has 5 nitrogen and oxygen atoms in total. The second-order valence-electron chi connectivity index (χ2n) is 5.45. The summed E-state index contributed by atoms with van der Waals surface area (Å²) in [6.45, 7) is 2.61. The largest absolute Gasteiger partial charge is 0.380 e. The molecule has 0 saturated carbocycles. The van der Waals surface area contributed by atoms with Crippen LogP contribution in [0.1, 0.15) is 24.1 Å². The van der Waals surface area contributed by atoms with Crippen LogP contribution in [0.5, 0.6) is 0 Å². The molecule has 0 heterocycles. The highest BCUT2D eigenvalue weighted by Gasteiger charge is 2.09. The van der Waals surface area contributed by atoms with Crippen molar-refractivity contribution in [2.24, 2.45) is 0 Å². The van der Waals surface area contributed by atoms with Gasteiger partial charge in [0.15, 0.2) is 0 Å². The molecule has 0 radical (unpaired) electrons. The number of para-hydroxylation sites is 1. The first-order chi connectivity index (χ1) is 10.9. The van der Waals surface area contributed by atoms with Gasteiger partial charge in [0, 0.05) is 30.1 Å². The first-order valence-electron chi connectivity index (χ1n) is 7.30. The average molecular weight is 334 g/mol. The molecule has 2 aromatic rings. The Balaban J connectivity index is 2.10. The zero-order valence-corrected chi connectivity index (χ0v) is 14.4. The molecule has 0 aliphatic heterocycles. The maximum atomic E-state index is 11.2. The molecule has 0 saturated heterocycles. The normalized spacial score (nSPS) is 12.7. The zero-order valence-electron chi connectivity index (χ0n) is 13.5. The molecule has 0 amide bonds. The molecule has 1 atom stereocenters. The van der Waals surface area contributed by atoms with Crippen molar-refractivity contribution in [1.82, 2.24) is 0 Å². The van der Waals surface area contributed by atoms with Crippen molar-refractivity contribution in [3.8, 4) is 0 Å². The van der Waals surface area contributed by atoms with E-state index in [0.717, 1.165) is 23.1 Å². The number of benzene rings is 2. The number of nitrogens with one attached hydrogen (secondary N) is 2. The van der Waals surface area contributed by atoms with Crippen LogP contribution in [0, 0.1) is 0 Å². The van der Waals surface area contributed by atoms with Crippen molar-refractivity contribution >= 4 is 21.4 Å². The molecule has 0 aromatic heterocycles. The SMILES string of the molecule is COCc1ccccc1NC(C)c1ccc(NS(C)(=O)=O)cc1. The summed E-state index contributed by atoms with van der Waals surface area (Å²) in [5.74, 6) is 0. The molecule has 0 aliphatic carbocycles. The van der Waals surface area contributed by atoms with Crippen LogP contribution in [0.4, 0.5) is 11.4 Å². The Morgan fingerprint density at radius 3 is 2.35 bits per heavy atom. The lowest BCUT2D eigenvalue weighted by Gasteiger charge is -2.18. The number of ether oxygens (including phenoxy) is 1. The van der Waals surface area contributed by atoms with Gasteiger partial charge >= 0.3 is 0 Å². The van der Waals surface area contributed by atoms with E-state index in [1.165, 1.54) is 0 Å². The van der Waals surface area contributed by atoms with Gasteiger partial charge in [-0.15, -0.1) is 0 Å². The van der Waals surface area contributed by atoms with Crippen LogP contribution < -0.4 is 10.0 Å². The third kappa shape index (κ3) is 5.26. The van der Waals surface area contributed by atoms with Gasteiger partial charge in [-0.25, -0.2) is 8.42 Å².